The van der Waals surface area contributed by atoms with Crippen LogP contribution in [0, 0.1) is 0 Å². The van der Waals surface area contributed by atoms with Crippen molar-refractivity contribution in [2.75, 3.05) is 0 Å². The Kier molecular flexibility index (Phi) is 92.9. The molecule has 2 radical (unpaired) electrons. The average Bonchev–Trinajstić information content (AvgIpc) is 1.94. The van der Waals surface area contributed by atoms with Crippen LogP contribution in [0.15, 0.2) is 0 Å². The van der Waals surface area contributed by atoms with Crippen molar-refractivity contribution in [3.05, 3.63) is 0 Å². The van der Waals surface area contributed by atoms with Gasteiger partial charge in [-0.3, -0.25) is 0 Å². The molecule has 0 aliphatic heterocycles. The van der Waals surface area contributed by atoms with E-state index in [1.807, 2.05) is 0 Å². The number of rotatable bonds is 0. The molecule has 23 heteroatoms. The second-order valence-corrected chi connectivity index (χ2v) is 3.75. The van der Waals surface area contributed by atoms with Crippen LogP contribution < -0.4 is 48.0 Å². The smallest absolute Gasteiger partial charge is 0.0172 e. The monoisotopic (exact) mass is 572 g/mol. The summed E-state index contributed by atoms with van der Waals surface area (Å²) >= 11 is 0. The predicted octanol–water partition coefficient (Wildman–Crippen LogP) is -14.4. The van der Waals surface area contributed by atoms with Crippen LogP contribution in [0.3, 0.4) is 0 Å². The Hall–Kier alpha value is 0.136. The van der Waals surface area contributed by atoms with E-state index >= 15 is 0 Å². The summed E-state index contributed by atoms with van der Waals surface area (Å²) in [4.78, 5) is 85.2. The van der Waals surface area contributed by atoms with Crippen LogP contribution in [0.4, 0.5) is 0 Å². The van der Waals surface area contributed by atoms with Crippen molar-refractivity contribution in [2.24, 2.45) is 0 Å². The molecule has 0 unspecified atom stereocenters. The maximum atomic E-state index is 8.52. The van der Waals surface area contributed by atoms with Gasteiger partial charge in [0, 0.05) is 109 Å². The summed E-state index contributed by atoms with van der Waals surface area (Å²) in [7, 11) is -18.1. The molecule has 23 heavy (non-hydrogen) atoms. The summed E-state index contributed by atoms with van der Waals surface area (Å²) in [6, 6.07) is 0. The van der Waals surface area contributed by atoms with Gasteiger partial charge < -0.3 is 70.3 Å². The van der Waals surface area contributed by atoms with Gasteiger partial charge in [-0.15, -0.1) is 0 Å². The molecular weight excluding hydrogens is 574 g/mol. The molecule has 0 fully saturated rings. The van der Waals surface area contributed by atoms with Gasteiger partial charge in [-0.2, -0.15) is 0 Å². The Bertz CT molecular complexity index is 217. The molecule has 0 saturated heterocycles. The first-order valence-electron chi connectivity index (χ1n) is 3.06. The summed E-state index contributed by atoms with van der Waals surface area (Å²) < 4.78 is 42.6. The molecule has 0 aromatic rings. The van der Waals surface area contributed by atoms with Crippen LogP contribution >= 0.6 is 0 Å². The van der Waals surface area contributed by atoms with E-state index in [1.165, 1.54) is 0 Å². The molecule has 0 rings (SSSR count). The van der Waals surface area contributed by atoms with E-state index in [4.69, 9.17) is 70.3 Å². The zero-order valence-corrected chi connectivity index (χ0v) is 20.3. The van der Waals surface area contributed by atoms with Gasteiger partial charge in [-0.25, -0.2) is 0 Å². The van der Waals surface area contributed by atoms with Crippen molar-refractivity contribution >= 4 is 45.9 Å². The van der Waals surface area contributed by atoms with E-state index in [1.54, 1.807) is 0 Å². The van der Waals surface area contributed by atoms with Crippen molar-refractivity contribution < 1.29 is 134 Å². The molecule has 0 aliphatic rings. The average molecular weight is 574 g/mol. The van der Waals surface area contributed by atoms with Crippen LogP contribution in [-0.2, 0) is 85.6 Å². The molecule has 0 spiro atoms. The molecule has 15 nitrogen and oxygen atoms in total. The first-order chi connectivity index (χ1) is 8.66. The van der Waals surface area contributed by atoms with Crippen molar-refractivity contribution in [2.45, 2.75) is 0 Å². The summed E-state index contributed by atoms with van der Waals surface area (Å²) in [6.07, 6.45) is 0. The van der Waals surface area contributed by atoms with Crippen LogP contribution in [0.5, 0.6) is 0 Å². The van der Waals surface area contributed by atoms with Gasteiger partial charge in [0.25, 0.3) is 0 Å². The predicted molar refractivity (Wildman–Crippen MR) is 32.2 cm³/mol. The number of hydrogen-bond donors (Lipinski definition) is 0. The third-order valence-electron chi connectivity index (χ3n) is 0. The van der Waals surface area contributed by atoms with Crippen molar-refractivity contribution in [3.8, 4) is 0 Å². The van der Waals surface area contributed by atoms with E-state index in [0.29, 0.717) is 0 Å². The van der Waals surface area contributed by atoms with Crippen LogP contribution in [0.1, 0.15) is 0 Å². The van der Waals surface area contributed by atoms with Gasteiger partial charge in [0.15, 0.2) is 0 Å². The SMILES string of the molecule is O=[Si]([O-])[O-].O=[Si]([O-])[O-].O=[Si]([O-])[O-].O=[Si]([O-])[O-].O=[Si]([O-])[O-].[V].[V].[Zr]. The molecule has 0 heterocycles. The topological polar surface area (TPSA) is 316 Å². The molecule has 0 N–H and O–H groups in total. The van der Waals surface area contributed by atoms with Crippen molar-refractivity contribution in [1.82, 2.24) is 0 Å². The third-order valence-corrected chi connectivity index (χ3v) is 0. The normalized spacial score (nSPS) is 5.22. The maximum absolute atomic E-state index is 8.52. The summed E-state index contributed by atoms with van der Waals surface area (Å²) in [5, 5.41) is 0. The molecule has 134 valence electrons. The minimum atomic E-state index is -3.63. The molecule has 0 aromatic heterocycles. The largest absolute Gasteiger partial charge is 0.672 e. The van der Waals surface area contributed by atoms with Crippen LogP contribution in [0.25, 0.3) is 0 Å². The fourth-order valence-corrected chi connectivity index (χ4v) is 0. The Balaban J connectivity index is -0.0000000197. The van der Waals surface area contributed by atoms with Gasteiger partial charge in [-0.1, -0.05) is 0 Å². The fraction of sp³-hybridized carbons (Fsp3) is 0. The molecule has 0 atom stereocenters. The molecule has 0 aromatic carbocycles. The zero-order chi connectivity index (χ0) is 17.9. The minimum absolute atomic E-state index is 0. The third kappa shape index (κ3) is 483000. The molecule has 0 saturated carbocycles. The molecular formula is O15Si5V2Zr-10. The first kappa shape index (κ1) is 49.5. The van der Waals surface area contributed by atoms with E-state index in [0.717, 1.165) is 0 Å². The quantitative estimate of drug-likeness (QED) is 0.243. The second kappa shape index (κ2) is 43.2. The van der Waals surface area contributed by atoms with Gasteiger partial charge in [0.2, 0.25) is 0 Å². The van der Waals surface area contributed by atoms with E-state index in [9.17, 15) is 0 Å². The van der Waals surface area contributed by atoms with Gasteiger partial charge in [0.05, 0.1) is 0 Å². The standard InChI is InChI=1S/5O3Si.2V.Zr/c5*1-4(2)3;;;/q5*-2;;;. The van der Waals surface area contributed by atoms with Crippen LogP contribution in [0.2, 0.25) is 0 Å². The Labute approximate surface area is 178 Å². The Morgan fingerprint density at radius 1 is 0.348 bits per heavy atom. The Morgan fingerprint density at radius 2 is 0.348 bits per heavy atom. The van der Waals surface area contributed by atoms with Gasteiger partial charge in [-0.05, 0) is 0 Å². The summed E-state index contributed by atoms with van der Waals surface area (Å²) in [6.45, 7) is 0. The van der Waals surface area contributed by atoms with E-state index in [-0.39, 0.29) is 63.3 Å². The van der Waals surface area contributed by atoms with E-state index < -0.39 is 45.9 Å². The summed E-state index contributed by atoms with van der Waals surface area (Å²) in [5.74, 6) is 0. The fourth-order valence-electron chi connectivity index (χ4n) is 0. The maximum Gasteiger partial charge on any atom is 0.0172 e. The zero-order valence-electron chi connectivity index (χ0n) is 10.0. The van der Waals surface area contributed by atoms with Crippen molar-refractivity contribution in [3.63, 3.8) is 0 Å². The van der Waals surface area contributed by atoms with Gasteiger partial charge >= 0.3 is 0 Å². The molecule has 0 bridgehead atoms. The van der Waals surface area contributed by atoms with E-state index in [2.05, 4.69) is 0 Å². The number of hydrogen-bond acceptors (Lipinski definition) is 15. The van der Waals surface area contributed by atoms with Crippen molar-refractivity contribution in [1.29, 1.82) is 0 Å². The second-order valence-electron chi connectivity index (χ2n) is 1.25. The summed E-state index contributed by atoms with van der Waals surface area (Å²) in [5.41, 5.74) is 0. The first-order valence-corrected chi connectivity index (χ1v) is 9.19. The van der Waals surface area contributed by atoms with Crippen LogP contribution in [-0.4, -0.2) is 45.9 Å². The molecule has 0 amide bonds. The molecule has 0 aliphatic carbocycles. The minimum Gasteiger partial charge on any atom is -0.672 e. The Morgan fingerprint density at radius 3 is 0.348 bits per heavy atom. The van der Waals surface area contributed by atoms with Gasteiger partial charge in [0.1, 0.15) is 0 Å².